The molecule has 5 heteroatoms. The number of rotatable bonds is 5. The van der Waals surface area contributed by atoms with Gasteiger partial charge in [0.15, 0.2) is 5.78 Å². The van der Waals surface area contributed by atoms with E-state index in [2.05, 4.69) is 4.90 Å². The summed E-state index contributed by atoms with van der Waals surface area (Å²) in [5, 5.41) is 0. The minimum absolute atomic E-state index is 0.116. The number of piperazine rings is 1. The summed E-state index contributed by atoms with van der Waals surface area (Å²) in [6.45, 7) is 3.90. The summed E-state index contributed by atoms with van der Waals surface area (Å²) in [6.07, 6.45) is 1.37. The van der Waals surface area contributed by atoms with Crippen molar-refractivity contribution in [3.63, 3.8) is 0 Å². The van der Waals surface area contributed by atoms with Crippen LogP contribution >= 0.6 is 0 Å². The predicted molar refractivity (Wildman–Crippen MR) is 73.9 cm³/mol. The molecule has 0 aliphatic carbocycles. The number of hydrogen-bond donors (Lipinski definition) is 1. The van der Waals surface area contributed by atoms with E-state index in [-0.39, 0.29) is 5.78 Å². The molecular weight excluding hydrogens is 242 g/mol. The molecule has 1 aromatic carbocycles. The molecular formula is C14H19N3O2. The summed E-state index contributed by atoms with van der Waals surface area (Å²) in [5.41, 5.74) is 6.95. The number of benzene rings is 1. The highest BCUT2D eigenvalue weighted by molar-refractivity contribution is 5.96. The van der Waals surface area contributed by atoms with Gasteiger partial charge in [-0.3, -0.25) is 14.5 Å². The lowest BCUT2D eigenvalue weighted by Crippen LogP contribution is -2.46. The minimum atomic E-state index is 0.116. The number of anilines is 1. The molecule has 1 saturated heterocycles. The average molecular weight is 261 g/mol. The Bertz CT molecular complexity index is 454. The molecule has 2 rings (SSSR count). The van der Waals surface area contributed by atoms with Gasteiger partial charge in [0, 0.05) is 50.4 Å². The number of carbonyl (C=O) groups is 2. The summed E-state index contributed by atoms with van der Waals surface area (Å²) in [6, 6.07) is 7.08. The van der Waals surface area contributed by atoms with Gasteiger partial charge < -0.3 is 10.6 Å². The van der Waals surface area contributed by atoms with Crippen LogP contribution in [0.25, 0.3) is 0 Å². The molecule has 1 aliphatic rings. The second kappa shape index (κ2) is 6.33. The zero-order valence-corrected chi connectivity index (χ0v) is 10.9. The van der Waals surface area contributed by atoms with Crippen LogP contribution < -0.4 is 5.73 Å². The van der Waals surface area contributed by atoms with Crippen LogP contribution in [0.2, 0.25) is 0 Å². The van der Waals surface area contributed by atoms with Gasteiger partial charge >= 0.3 is 0 Å². The van der Waals surface area contributed by atoms with Gasteiger partial charge in [-0.1, -0.05) is 12.1 Å². The van der Waals surface area contributed by atoms with Crippen molar-refractivity contribution in [1.29, 1.82) is 0 Å². The Morgan fingerprint density at radius 3 is 2.63 bits per heavy atom. The third-order valence-electron chi connectivity index (χ3n) is 3.42. The molecule has 0 unspecified atom stereocenters. The second-order valence-electron chi connectivity index (χ2n) is 4.78. The summed E-state index contributed by atoms with van der Waals surface area (Å²) < 4.78 is 0. The molecule has 0 radical (unpaired) electrons. The van der Waals surface area contributed by atoms with Crippen molar-refractivity contribution in [2.75, 3.05) is 38.5 Å². The lowest BCUT2D eigenvalue weighted by Gasteiger charge is -2.32. The highest BCUT2D eigenvalue weighted by Crippen LogP contribution is 2.10. The van der Waals surface area contributed by atoms with E-state index in [1.165, 1.54) is 0 Å². The van der Waals surface area contributed by atoms with Crippen LogP contribution in [0.1, 0.15) is 16.8 Å². The molecule has 0 bridgehead atoms. The molecule has 0 atom stereocenters. The van der Waals surface area contributed by atoms with Gasteiger partial charge in [-0.05, 0) is 12.1 Å². The van der Waals surface area contributed by atoms with Gasteiger partial charge in [0.1, 0.15) is 0 Å². The van der Waals surface area contributed by atoms with Crippen molar-refractivity contribution in [2.45, 2.75) is 6.42 Å². The van der Waals surface area contributed by atoms with E-state index in [1.807, 2.05) is 0 Å². The Kier molecular flexibility index (Phi) is 4.52. The number of amides is 1. The first-order valence-electron chi connectivity index (χ1n) is 6.49. The molecule has 5 nitrogen and oxygen atoms in total. The number of Topliss-reactive ketones (excluding diaryl/α,β-unsaturated/α-hetero) is 1. The minimum Gasteiger partial charge on any atom is -0.399 e. The van der Waals surface area contributed by atoms with Crippen LogP contribution in [0, 0.1) is 0 Å². The molecule has 1 heterocycles. The SMILES string of the molecule is Nc1cccc(C(=O)CCN2CCN(C=O)CC2)c1. The van der Waals surface area contributed by atoms with Crippen LogP contribution in [-0.4, -0.2) is 54.7 Å². The molecule has 1 aromatic rings. The highest BCUT2D eigenvalue weighted by Gasteiger charge is 2.16. The summed E-state index contributed by atoms with van der Waals surface area (Å²) in [4.78, 5) is 26.6. The van der Waals surface area contributed by atoms with Crippen LogP contribution in [0.3, 0.4) is 0 Å². The van der Waals surface area contributed by atoms with Crippen LogP contribution in [0.4, 0.5) is 5.69 Å². The maximum atomic E-state index is 12.0. The van der Waals surface area contributed by atoms with Crippen molar-refractivity contribution in [1.82, 2.24) is 9.80 Å². The van der Waals surface area contributed by atoms with Crippen LogP contribution in [0.5, 0.6) is 0 Å². The first-order chi connectivity index (χ1) is 9.19. The van der Waals surface area contributed by atoms with Crippen LogP contribution in [-0.2, 0) is 4.79 Å². The predicted octanol–water partition coefficient (Wildman–Crippen LogP) is 0.616. The number of nitrogens with two attached hydrogens (primary N) is 1. The molecule has 102 valence electrons. The van der Waals surface area contributed by atoms with E-state index in [4.69, 9.17) is 5.73 Å². The van der Waals surface area contributed by atoms with Gasteiger partial charge in [0.05, 0.1) is 0 Å². The Morgan fingerprint density at radius 1 is 1.26 bits per heavy atom. The molecule has 1 aliphatic heterocycles. The van der Waals surface area contributed by atoms with Gasteiger partial charge in [-0.2, -0.15) is 0 Å². The molecule has 0 aromatic heterocycles. The van der Waals surface area contributed by atoms with E-state index in [0.29, 0.717) is 17.7 Å². The normalized spacial score (nSPS) is 16.3. The number of hydrogen-bond acceptors (Lipinski definition) is 4. The van der Waals surface area contributed by atoms with E-state index in [9.17, 15) is 9.59 Å². The fraction of sp³-hybridized carbons (Fsp3) is 0.429. The fourth-order valence-electron chi connectivity index (χ4n) is 2.21. The van der Waals surface area contributed by atoms with Gasteiger partial charge in [0.25, 0.3) is 0 Å². The summed E-state index contributed by atoms with van der Waals surface area (Å²) in [7, 11) is 0. The maximum Gasteiger partial charge on any atom is 0.209 e. The number of nitrogens with zero attached hydrogens (tertiary/aromatic N) is 2. The zero-order chi connectivity index (χ0) is 13.7. The Hall–Kier alpha value is -1.88. The maximum absolute atomic E-state index is 12.0. The first kappa shape index (κ1) is 13.5. The first-order valence-corrected chi connectivity index (χ1v) is 6.49. The van der Waals surface area contributed by atoms with Crippen molar-refractivity contribution < 1.29 is 9.59 Å². The topological polar surface area (TPSA) is 66.6 Å². The van der Waals surface area contributed by atoms with Crippen molar-refractivity contribution in [3.8, 4) is 0 Å². The molecule has 0 saturated carbocycles. The van der Waals surface area contributed by atoms with Crippen LogP contribution in [0.15, 0.2) is 24.3 Å². The molecule has 2 N–H and O–H groups in total. The number of carbonyl (C=O) groups excluding carboxylic acids is 2. The smallest absolute Gasteiger partial charge is 0.209 e. The molecule has 1 amide bonds. The highest BCUT2D eigenvalue weighted by atomic mass is 16.1. The van der Waals surface area contributed by atoms with E-state index in [1.54, 1.807) is 29.2 Å². The molecule has 1 fully saturated rings. The lowest BCUT2D eigenvalue weighted by molar-refractivity contribution is -0.119. The van der Waals surface area contributed by atoms with Gasteiger partial charge in [-0.15, -0.1) is 0 Å². The van der Waals surface area contributed by atoms with Gasteiger partial charge in [-0.25, -0.2) is 0 Å². The standard InChI is InChI=1S/C14H19N3O2/c15-13-3-1-2-12(10-13)14(19)4-5-16-6-8-17(11-18)9-7-16/h1-3,10-11H,4-9,15H2. The van der Waals surface area contributed by atoms with Gasteiger partial charge in [0.2, 0.25) is 6.41 Å². The summed E-state index contributed by atoms with van der Waals surface area (Å²) >= 11 is 0. The fourth-order valence-corrected chi connectivity index (χ4v) is 2.21. The number of nitrogen functional groups attached to an aromatic ring is 1. The monoisotopic (exact) mass is 261 g/mol. The Morgan fingerprint density at radius 2 is 2.00 bits per heavy atom. The second-order valence-corrected chi connectivity index (χ2v) is 4.78. The molecule has 0 spiro atoms. The van der Waals surface area contributed by atoms with E-state index >= 15 is 0 Å². The zero-order valence-electron chi connectivity index (χ0n) is 10.9. The lowest BCUT2D eigenvalue weighted by atomic mass is 10.1. The van der Waals surface area contributed by atoms with Crippen molar-refractivity contribution >= 4 is 17.9 Å². The van der Waals surface area contributed by atoms with Crippen molar-refractivity contribution in [3.05, 3.63) is 29.8 Å². The largest absolute Gasteiger partial charge is 0.399 e. The summed E-state index contributed by atoms with van der Waals surface area (Å²) in [5.74, 6) is 0.116. The molecule has 19 heavy (non-hydrogen) atoms. The quantitative estimate of drug-likeness (QED) is 0.479. The van der Waals surface area contributed by atoms with E-state index < -0.39 is 0 Å². The third-order valence-corrected chi connectivity index (χ3v) is 3.42. The number of ketones is 1. The van der Waals surface area contributed by atoms with E-state index in [0.717, 1.165) is 39.1 Å². The Labute approximate surface area is 113 Å². The van der Waals surface area contributed by atoms with Crippen molar-refractivity contribution in [2.24, 2.45) is 0 Å². The Balaban J connectivity index is 1.80. The average Bonchev–Trinajstić information content (AvgIpc) is 2.45. The third kappa shape index (κ3) is 3.79.